The van der Waals surface area contributed by atoms with Gasteiger partial charge in [0.15, 0.2) is 0 Å². The van der Waals surface area contributed by atoms with E-state index in [1.807, 2.05) is 0 Å². The lowest BCUT2D eigenvalue weighted by molar-refractivity contribution is 0.438. The summed E-state index contributed by atoms with van der Waals surface area (Å²) in [5, 5.41) is 4.54. The first-order valence-electron chi connectivity index (χ1n) is 6.00. The first kappa shape index (κ1) is 14.5. The molecule has 0 aliphatic rings. The zero-order valence-corrected chi connectivity index (χ0v) is 12.1. The smallest absolute Gasteiger partial charge is 0.0722 e. The highest BCUT2D eigenvalue weighted by Gasteiger charge is 2.16. The van der Waals surface area contributed by atoms with Crippen molar-refractivity contribution < 1.29 is 0 Å². The van der Waals surface area contributed by atoms with Crippen LogP contribution in [0.3, 0.4) is 0 Å². The minimum absolute atomic E-state index is 0.337. The first-order chi connectivity index (χ1) is 7.99. The Morgan fingerprint density at radius 2 is 1.65 bits per heavy atom. The summed E-state index contributed by atoms with van der Waals surface area (Å²) in [6, 6.07) is 3.77. The van der Waals surface area contributed by atoms with Gasteiger partial charge in [0.1, 0.15) is 0 Å². The molecule has 0 saturated heterocycles. The van der Waals surface area contributed by atoms with Crippen LogP contribution in [0.1, 0.15) is 33.6 Å². The van der Waals surface area contributed by atoms with Crippen molar-refractivity contribution in [3.8, 4) is 0 Å². The summed E-state index contributed by atoms with van der Waals surface area (Å²) in [7, 11) is 0. The fraction of sp³-hybridized carbons (Fsp3) is 0.538. The van der Waals surface area contributed by atoms with E-state index in [0.29, 0.717) is 27.7 Å². The number of nitrogens with two attached hydrogens (primary N) is 1. The molecule has 0 saturated carbocycles. The average Bonchev–Trinajstić information content (AvgIpc) is 2.25. The van der Waals surface area contributed by atoms with Gasteiger partial charge in [-0.15, -0.1) is 0 Å². The summed E-state index contributed by atoms with van der Waals surface area (Å²) in [4.78, 5) is 0. The molecule has 1 aromatic carbocycles. The van der Waals surface area contributed by atoms with Crippen LogP contribution in [0.25, 0.3) is 0 Å². The molecule has 0 spiro atoms. The molecule has 17 heavy (non-hydrogen) atoms. The molecule has 2 nitrogen and oxygen atoms in total. The van der Waals surface area contributed by atoms with E-state index in [1.165, 1.54) is 0 Å². The Labute approximate surface area is 113 Å². The summed E-state index contributed by atoms with van der Waals surface area (Å²) >= 11 is 12.3. The number of hydrogen-bond donors (Lipinski definition) is 2. The second-order valence-corrected chi connectivity index (χ2v) is 5.18. The van der Waals surface area contributed by atoms with Gasteiger partial charge < -0.3 is 11.1 Å². The highest BCUT2D eigenvalue weighted by atomic mass is 35.5. The molecule has 96 valence electrons. The summed E-state index contributed by atoms with van der Waals surface area (Å²) in [6.45, 7) is 6.54. The Morgan fingerprint density at radius 1 is 1.18 bits per heavy atom. The van der Waals surface area contributed by atoms with Gasteiger partial charge in [-0.3, -0.25) is 0 Å². The normalized spacial score (nSPS) is 12.8. The molecule has 0 bridgehead atoms. The molecule has 1 aromatic rings. The maximum Gasteiger partial charge on any atom is 0.0722 e. The molecular formula is C13H20Cl2N2. The van der Waals surface area contributed by atoms with Crippen LogP contribution < -0.4 is 11.1 Å². The van der Waals surface area contributed by atoms with Gasteiger partial charge in [0, 0.05) is 11.7 Å². The highest BCUT2D eigenvalue weighted by Crippen LogP contribution is 2.34. The predicted molar refractivity (Wildman–Crippen MR) is 78.0 cm³/mol. The standard InChI is InChI=1S/C13H20Cl2N2/c1-4-9(5-2)8(3)17-13-11(14)6-10(16)7-12(13)15/h6-9,17H,4-5,16H2,1-3H3. The molecule has 0 heterocycles. The van der Waals surface area contributed by atoms with E-state index in [9.17, 15) is 0 Å². The van der Waals surface area contributed by atoms with Crippen molar-refractivity contribution in [2.75, 3.05) is 11.1 Å². The van der Waals surface area contributed by atoms with Crippen molar-refractivity contribution in [2.24, 2.45) is 5.92 Å². The summed E-state index contributed by atoms with van der Waals surface area (Å²) in [6.07, 6.45) is 2.27. The third-order valence-electron chi connectivity index (χ3n) is 3.19. The Bertz CT molecular complexity index is 353. The van der Waals surface area contributed by atoms with Crippen LogP contribution in [0.15, 0.2) is 12.1 Å². The predicted octanol–water partition coefficient (Wildman–Crippen LogP) is 4.81. The lowest BCUT2D eigenvalue weighted by Gasteiger charge is -2.24. The number of nitrogens with one attached hydrogen (secondary N) is 1. The Morgan fingerprint density at radius 3 is 2.06 bits per heavy atom. The summed E-state index contributed by atoms with van der Waals surface area (Å²) < 4.78 is 0. The van der Waals surface area contributed by atoms with Gasteiger partial charge in [-0.2, -0.15) is 0 Å². The number of hydrogen-bond acceptors (Lipinski definition) is 2. The van der Waals surface area contributed by atoms with E-state index in [4.69, 9.17) is 28.9 Å². The molecule has 0 aliphatic carbocycles. The number of halogens is 2. The number of anilines is 2. The zero-order valence-electron chi connectivity index (χ0n) is 10.6. The van der Waals surface area contributed by atoms with Gasteiger partial charge in [-0.25, -0.2) is 0 Å². The monoisotopic (exact) mass is 274 g/mol. The third-order valence-corrected chi connectivity index (χ3v) is 3.79. The van der Waals surface area contributed by atoms with E-state index in [-0.39, 0.29) is 0 Å². The number of benzene rings is 1. The van der Waals surface area contributed by atoms with E-state index < -0.39 is 0 Å². The van der Waals surface area contributed by atoms with Crippen molar-refractivity contribution in [1.82, 2.24) is 0 Å². The summed E-state index contributed by atoms with van der Waals surface area (Å²) in [5.74, 6) is 0.611. The Balaban J connectivity index is 2.88. The molecule has 1 atom stereocenters. The highest BCUT2D eigenvalue weighted by molar-refractivity contribution is 6.39. The van der Waals surface area contributed by atoms with Crippen LogP contribution in [0.5, 0.6) is 0 Å². The molecule has 0 radical (unpaired) electrons. The largest absolute Gasteiger partial charge is 0.399 e. The van der Waals surface area contributed by atoms with Crippen LogP contribution in [0, 0.1) is 5.92 Å². The lowest BCUT2D eigenvalue weighted by Crippen LogP contribution is -2.25. The minimum Gasteiger partial charge on any atom is -0.399 e. The first-order valence-corrected chi connectivity index (χ1v) is 6.76. The van der Waals surface area contributed by atoms with Gasteiger partial charge >= 0.3 is 0 Å². The van der Waals surface area contributed by atoms with Crippen LogP contribution in [-0.2, 0) is 0 Å². The van der Waals surface area contributed by atoms with E-state index in [0.717, 1.165) is 18.5 Å². The van der Waals surface area contributed by atoms with Gasteiger partial charge in [0.2, 0.25) is 0 Å². The van der Waals surface area contributed by atoms with Crippen LogP contribution >= 0.6 is 23.2 Å². The SMILES string of the molecule is CCC(CC)C(C)Nc1c(Cl)cc(N)cc1Cl. The second-order valence-electron chi connectivity index (χ2n) is 4.37. The molecule has 4 heteroatoms. The van der Waals surface area contributed by atoms with Crippen molar-refractivity contribution in [3.05, 3.63) is 22.2 Å². The van der Waals surface area contributed by atoms with E-state index in [2.05, 4.69) is 26.1 Å². The molecule has 0 amide bonds. The number of rotatable bonds is 5. The summed E-state index contributed by atoms with van der Waals surface area (Å²) in [5.41, 5.74) is 7.04. The topological polar surface area (TPSA) is 38.0 Å². The Kier molecular flexibility index (Phi) is 5.41. The lowest BCUT2D eigenvalue weighted by atomic mass is 9.95. The fourth-order valence-electron chi connectivity index (χ4n) is 2.07. The Hall–Kier alpha value is -0.600. The third kappa shape index (κ3) is 3.68. The fourth-order valence-corrected chi connectivity index (χ4v) is 2.68. The van der Waals surface area contributed by atoms with E-state index in [1.54, 1.807) is 12.1 Å². The molecule has 3 N–H and O–H groups in total. The van der Waals surface area contributed by atoms with Crippen molar-refractivity contribution in [3.63, 3.8) is 0 Å². The second kappa shape index (κ2) is 6.36. The van der Waals surface area contributed by atoms with E-state index >= 15 is 0 Å². The van der Waals surface area contributed by atoms with Gasteiger partial charge in [0.05, 0.1) is 15.7 Å². The van der Waals surface area contributed by atoms with Crippen LogP contribution in [-0.4, -0.2) is 6.04 Å². The molecule has 0 aromatic heterocycles. The molecular weight excluding hydrogens is 255 g/mol. The molecule has 0 aliphatic heterocycles. The minimum atomic E-state index is 0.337. The van der Waals surface area contributed by atoms with Crippen molar-refractivity contribution >= 4 is 34.6 Å². The zero-order chi connectivity index (χ0) is 13.0. The van der Waals surface area contributed by atoms with Gasteiger partial charge in [-0.05, 0) is 25.0 Å². The van der Waals surface area contributed by atoms with Crippen molar-refractivity contribution in [2.45, 2.75) is 39.7 Å². The molecule has 0 fully saturated rings. The number of nitrogen functional groups attached to an aromatic ring is 1. The van der Waals surface area contributed by atoms with Gasteiger partial charge in [0.25, 0.3) is 0 Å². The maximum absolute atomic E-state index is 6.14. The molecule has 1 rings (SSSR count). The maximum atomic E-state index is 6.14. The van der Waals surface area contributed by atoms with Crippen LogP contribution in [0.4, 0.5) is 11.4 Å². The quantitative estimate of drug-likeness (QED) is 0.756. The molecule has 1 unspecified atom stereocenters. The van der Waals surface area contributed by atoms with Crippen LogP contribution in [0.2, 0.25) is 10.0 Å². The van der Waals surface area contributed by atoms with Crippen molar-refractivity contribution in [1.29, 1.82) is 0 Å². The average molecular weight is 275 g/mol. The van der Waals surface area contributed by atoms with Gasteiger partial charge in [-0.1, -0.05) is 49.9 Å².